The summed E-state index contributed by atoms with van der Waals surface area (Å²) >= 11 is 0. The van der Waals surface area contributed by atoms with E-state index in [1.54, 1.807) is 94.2 Å². The first-order valence-corrected chi connectivity index (χ1v) is 20.9. The first-order chi connectivity index (χ1) is 26.9. The number of nitrogens with zero attached hydrogens (tertiary/aromatic N) is 8. The quantitative estimate of drug-likeness (QED) is 0.126. The summed E-state index contributed by atoms with van der Waals surface area (Å²) < 4.78 is 63.9. The van der Waals surface area contributed by atoms with Crippen molar-refractivity contribution in [3.8, 4) is 33.8 Å². The minimum Gasteiger partial charge on any atom is -0.494 e. The first-order valence-electron chi connectivity index (χ1n) is 17.1. The summed E-state index contributed by atoms with van der Waals surface area (Å²) in [6.45, 7) is 0. The predicted molar refractivity (Wildman–Crippen MR) is 213 cm³/mol. The molecule has 56 heavy (non-hydrogen) atoms. The molecule has 14 nitrogen and oxygen atoms in total. The molecule has 4 heterocycles. The van der Waals surface area contributed by atoms with Crippen LogP contribution in [0, 0.1) is 0 Å². The van der Waals surface area contributed by atoms with E-state index in [1.165, 1.54) is 12.5 Å². The average Bonchev–Trinajstić information content (AvgIpc) is 3.84. The molecule has 0 fully saturated rings. The molecule has 282 valence electrons. The number of methoxy groups -OCH3 is 2. The van der Waals surface area contributed by atoms with Crippen LogP contribution in [0.3, 0.4) is 0 Å². The minimum atomic E-state index is -3.40. The standard InChI is InChI=1S/C40H34N8O6S2/c1-53-35-15-7-5-13-33(35)47(39-41-37-31(11-9-25-45(37)43-39)27-17-21-29(22-18-27)55(3,49)50)48(34-14-6-8-16-36(34)54-2)40-42-38-32(12-10-26-46(38)44-40)28-19-23-30(24-20-28)56(4,51)52/h5-26H,1-4H3. The highest BCUT2D eigenvalue weighted by atomic mass is 32.2. The molecule has 0 saturated carbocycles. The highest BCUT2D eigenvalue weighted by Gasteiger charge is 2.32. The van der Waals surface area contributed by atoms with E-state index in [0.717, 1.165) is 11.1 Å². The SMILES string of the molecule is COc1ccccc1N(c1nc2c(-c3ccc(S(C)(=O)=O)cc3)cccn2n1)N(c1nc2c(-c3ccc(S(C)(=O)=O)cc3)cccn2n1)c1ccccc1OC. The number of hydrazine groups is 1. The zero-order valence-electron chi connectivity index (χ0n) is 30.5. The molecular formula is C40H34N8O6S2. The average molecular weight is 787 g/mol. The summed E-state index contributed by atoms with van der Waals surface area (Å²) in [7, 11) is -3.64. The van der Waals surface area contributed by atoms with Gasteiger partial charge in [0.1, 0.15) is 22.9 Å². The van der Waals surface area contributed by atoms with Crippen LogP contribution in [0.1, 0.15) is 0 Å². The van der Waals surface area contributed by atoms with Gasteiger partial charge in [-0.1, -0.05) is 48.5 Å². The Morgan fingerprint density at radius 2 is 0.875 bits per heavy atom. The molecule has 0 amide bonds. The van der Waals surface area contributed by atoms with Crippen molar-refractivity contribution in [1.29, 1.82) is 0 Å². The molecule has 0 saturated heterocycles. The van der Waals surface area contributed by atoms with Gasteiger partial charge >= 0.3 is 0 Å². The lowest BCUT2D eigenvalue weighted by Crippen LogP contribution is -2.38. The number of anilines is 4. The van der Waals surface area contributed by atoms with Crippen molar-refractivity contribution >= 4 is 54.2 Å². The van der Waals surface area contributed by atoms with Crippen LogP contribution in [0.4, 0.5) is 23.3 Å². The van der Waals surface area contributed by atoms with Gasteiger partial charge in [0.05, 0.1) is 24.0 Å². The summed E-state index contributed by atoms with van der Waals surface area (Å²) in [5, 5.41) is 13.4. The van der Waals surface area contributed by atoms with Crippen LogP contribution in [0.5, 0.6) is 11.5 Å². The van der Waals surface area contributed by atoms with Crippen molar-refractivity contribution in [1.82, 2.24) is 29.2 Å². The monoisotopic (exact) mass is 786 g/mol. The molecule has 4 aromatic heterocycles. The Kier molecular flexibility index (Phi) is 9.14. The molecule has 0 aliphatic rings. The Balaban J connectivity index is 1.36. The molecule has 0 N–H and O–H groups in total. The summed E-state index contributed by atoms with van der Waals surface area (Å²) in [4.78, 5) is 10.6. The van der Waals surface area contributed by atoms with Crippen molar-refractivity contribution < 1.29 is 26.3 Å². The number of rotatable bonds is 11. The van der Waals surface area contributed by atoms with E-state index in [2.05, 4.69) is 0 Å². The number of aromatic nitrogens is 6. The molecule has 0 bridgehead atoms. The van der Waals surface area contributed by atoms with E-state index < -0.39 is 19.7 Å². The van der Waals surface area contributed by atoms with Crippen LogP contribution in [0.15, 0.2) is 144 Å². The Bertz CT molecular complexity index is 2760. The van der Waals surface area contributed by atoms with E-state index in [-0.39, 0.29) is 21.7 Å². The van der Waals surface area contributed by atoms with Crippen molar-refractivity contribution in [3.63, 3.8) is 0 Å². The highest BCUT2D eigenvalue weighted by molar-refractivity contribution is 7.91. The third-order valence-electron chi connectivity index (χ3n) is 9.09. The van der Waals surface area contributed by atoms with Crippen LogP contribution in [0.25, 0.3) is 33.5 Å². The normalized spacial score (nSPS) is 11.9. The molecule has 16 heteroatoms. The predicted octanol–water partition coefficient (Wildman–Crippen LogP) is 6.82. The molecule has 8 aromatic rings. The number of pyridine rings is 2. The molecular weight excluding hydrogens is 753 g/mol. The number of ether oxygens (including phenoxy) is 2. The topological polar surface area (TPSA) is 154 Å². The molecule has 0 aliphatic carbocycles. The van der Waals surface area contributed by atoms with E-state index in [4.69, 9.17) is 29.6 Å². The number of para-hydroxylation sites is 4. The number of fused-ring (bicyclic) bond motifs is 2. The van der Waals surface area contributed by atoms with Gasteiger partial charge in [-0.05, 0) is 83.9 Å². The minimum absolute atomic E-state index is 0.208. The fourth-order valence-corrected chi connectivity index (χ4v) is 7.66. The van der Waals surface area contributed by atoms with Gasteiger partial charge in [-0.2, -0.15) is 9.97 Å². The summed E-state index contributed by atoms with van der Waals surface area (Å²) in [5.74, 6) is 1.43. The fourth-order valence-electron chi connectivity index (χ4n) is 6.40. The smallest absolute Gasteiger partial charge is 0.269 e. The molecule has 0 aliphatic heterocycles. The van der Waals surface area contributed by atoms with Gasteiger partial charge in [0.25, 0.3) is 11.9 Å². The summed E-state index contributed by atoms with van der Waals surface area (Å²) in [5.41, 5.74) is 5.00. The van der Waals surface area contributed by atoms with E-state index in [9.17, 15) is 16.8 Å². The maximum Gasteiger partial charge on any atom is 0.269 e. The van der Waals surface area contributed by atoms with Crippen LogP contribution < -0.4 is 19.5 Å². The lowest BCUT2D eigenvalue weighted by molar-refractivity contribution is 0.412. The van der Waals surface area contributed by atoms with Gasteiger partial charge in [0.2, 0.25) is 0 Å². The Hall–Kier alpha value is -6.78. The van der Waals surface area contributed by atoms with Crippen LogP contribution in [0.2, 0.25) is 0 Å². The zero-order chi connectivity index (χ0) is 39.2. The van der Waals surface area contributed by atoms with E-state index in [0.29, 0.717) is 45.3 Å². The van der Waals surface area contributed by atoms with Crippen LogP contribution in [-0.2, 0) is 19.7 Å². The molecule has 0 unspecified atom stereocenters. The second kappa shape index (κ2) is 14.1. The van der Waals surface area contributed by atoms with Crippen LogP contribution >= 0.6 is 0 Å². The Morgan fingerprint density at radius 1 is 0.500 bits per heavy atom. The number of hydrogen-bond donors (Lipinski definition) is 0. The number of benzene rings is 4. The fraction of sp³-hybridized carbons (Fsp3) is 0.100. The number of hydrogen-bond acceptors (Lipinski definition) is 12. The Labute approximate surface area is 322 Å². The molecule has 0 spiro atoms. The molecule has 4 aromatic carbocycles. The first kappa shape index (κ1) is 36.2. The van der Waals surface area contributed by atoms with Gasteiger partial charge in [-0.3, -0.25) is 0 Å². The van der Waals surface area contributed by atoms with E-state index >= 15 is 0 Å². The Morgan fingerprint density at radius 3 is 1.23 bits per heavy atom. The largest absolute Gasteiger partial charge is 0.494 e. The maximum absolute atomic E-state index is 12.2. The van der Waals surface area contributed by atoms with Gasteiger partial charge in [0.15, 0.2) is 31.0 Å². The molecule has 0 radical (unpaired) electrons. The molecule has 0 atom stereocenters. The van der Waals surface area contributed by atoms with Gasteiger partial charge in [-0.25, -0.2) is 35.9 Å². The summed E-state index contributed by atoms with van der Waals surface area (Å²) in [6, 6.07) is 35.5. The van der Waals surface area contributed by atoms with Crippen molar-refractivity contribution in [3.05, 3.63) is 134 Å². The van der Waals surface area contributed by atoms with Crippen LogP contribution in [-0.4, -0.2) is 72.8 Å². The second-order valence-electron chi connectivity index (χ2n) is 12.8. The van der Waals surface area contributed by atoms with Crippen molar-refractivity contribution in [2.24, 2.45) is 0 Å². The zero-order valence-corrected chi connectivity index (χ0v) is 32.2. The highest BCUT2D eigenvalue weighted by Crippen LogP contribution is 2.42. The van der Waals surface area contributed by atoms with Gasteiger partial charge in [0, 0.05) is 36.0 Å². The van der Waals surface area contributed by atoms with Gasteiger partial charge < -0.3 is 9.47 Å². The van der Waals surface area contributed by atoms with E-state index in [1.807, 2.05) is 72.8 Å². The van der Waals surface area contributed by atoms with Crippen molar-refractivity contribution in [2.75, 3.05) is 36.7 Å². The summed E-state index contributed by atoms with van der Waals surface area (Å²) in [6.07, 6.45) is 5.89. The number of sulfone groups is 2. The lowest BCUT2D eigenvalue weighted by atomic mass is 10.1. The third kappa shape index (κ3) is 6.64. The van der Waals surface area contributed by atoms with Gasteiger partial charge in [-0.15, -0.1) is 10.2 Å². The maximum atomic E-state index is 12.2. The third-order valence-corrected chi connectivity index (χ3v) is 11.4. The van der Waals surface area contributed by atoms with Crippen molar-refractivity contribution in [2.45, 2.75) is 9.79 Å². The molecule has 8 rings (SSSR count). The lowest BCUT2D eigenvalue weighted by Gasteiger charge is -2.34. The second-order valence-corrected chi connectivity index (χ2v) is 16.8.